The molecule has 0 spiro atoms. The second-order valence-corrected chi connectivity index (χ2v) is 8.04. The number of benzene rings is 1. The molecule has 2 bridgehead atoms. The van der Waals surface area contributed by atoms with Crippen molar-refractivity contribution in [2.24, 2.45) is 7.05 Å². The molecule has 1 aromatic carbocycles. The predicted octanol–water partition coefficient (Wildman–Crippen LogP) is 4.38. The zero-order valence-corrected chi connectivity index (χ0v) is 18.0. The van der Waals surface area contributed by atoms with E-state index in [0.717, 1.165) is 11.1 Å². The van der Waals surface area contributed by atoms with Crippen molar-refractivity contribution in [3.63, 3.8) is 0 Å². The van der Waals surface area contributed by atoms with Gasteiger partial charge in [0, 0.05) is 53.7 Å². The normalized spacial score (nSPS) is 15.2. The lowest BCUT2D eigenvalue weighted by atomic mass is 9.95. The summed E-state index contributed by atoms with van der Waals surface area (Å²) in [6.07, 6.45) is 2.16. The molecular formula is C23H21F3N6O. The van der Waals surface area contributed by atoms with E-state index in [-0.39, 0.29) is 11.6 Å². The van der Waals surface area contributed by atoms with E-state index in [0.29, 0.717) is 34.5 Å². The first-order chi connectivity index (χ1) is 15.8. The molecule has 0 radical (unpaired) electrons. The minimum absolute atomic E-state index is 0.139. The summed E-state index contributed by atoms with van der Waals surface area (Å²) in [6, 6.07) is 6.12. The maximum Gasteiger partial charge on any atom is 0.257 e. The molecule has 170 valence electrons. The van der Waals surface area contributed by atoms with Crippen LogP contribution in [0.4, 0.5) is 19.0 Å². The highest BCUT2D eigenvalue weighted by Gasteiger charge is 2.25. The van der Waals surface area contributed by atoms with Gasteiger partial charge in [0.2, 0.25) is 0 Å². The quantitative estimate of drug-likeness (QED) is 0.486. The van der Waals surface area contributed by atoms with E-state index in [1.165, 1.54) is 23.0 Å². The lowest BCUT2D eigenvalue weighted by molar-refractivity contribution is 0.122. The fourth-order valence-corrected chi connectivity index (χ4v) is 4.27. The van der Waals surface area contributed by atoms with Crippen LogP contribution in [0.1, 0.15) is 29.7 Å². The molecule has 5 rings (SSSR count). The molecule has 4 heterocycles. The highest BCUT2D eigenvalue weighted by atomic mass is 19.3. The van der Waals surface area contributed by atoms with E-state index >= 15 is 0 Å². The number of anilines is 1. The minimum Gasteiger partial charge on any atom is -0.482 e. The van der Waals surface area contributed by atoms with E-state index in [2.05, 4.69) is 15.2 Å². The minimum atomic E-state index is -2.58. The summed E-state index contributed by atoms with van der Waals surface area (Å²) in [5, 5.41) is 8.83. The SMILES string of the molecule is CC1Oc2cc(cnc2N)-c2c(cnn2CC(F)F)Cc2cn(C)nc2-c2ccc(F)cc21. The highest BCUT2D eigenvalue weighted by Crippen LogP contribution is 2.38. The van der Waals surface area contributed by atoms with Gasteiger partial charge in [0.25, 0.3) is 6.43 Å². The Morgan fingerprint density at radius 2 is 2.03 bits per heavy atom. The van der Waals surface area contributed by atoms with E-state index in [4.69, 9.17) is 10.5 Å². The van der Waals surface area contributed by atoms with Crippen LogP contribution in [0.2, 0.25) is 0 Å². The first-order valence-electron chi connectivity index (χ1n) is 10.4. The molecular weight excluding hydrogens is 433 g/mol. The fourth-order valence-electron chi connectivity index (χ4n) is 4.27. The van der Waals surface area contributed by atoms with Crippen LogP contribution in [0.15, 0.2) is 42.9 Å². The highest BCUT2D eigenvalue weighted by molar-refractivity contribution is 5.71. The van der Waals surface area contributed by atoms with Gasteiger partial charge < -0.3 is 10.5 Å². The average Bonchev–Trinajstić information content (AvgIpc) is 3.31. The van der Waals surface area contributed by atoms with E-state index < -0.39 is 24.9 Å². The number of fused-ring (bicyclic) bond motifs is 7. The Hall–Kier alpha value is -3.82. The molecule has 7 nitrogen and oxygen atoms in total. The summed E-state index contributed by atoms with van der Waals surface area (Å²) in [7, 11) is 1.79. The molecule has 1 unspecified atom stereocenters. The number of hydrogen-bond donors (Lipinski definition) is 1. The number of aromatic nitrogens is 5. The summed E-state index contributed by atoms with van der Waals surface area (Å²) in [6.45, 7) is 1.22. The summed E-state index contributed by atoms with van der Waals surface area (Å²) in [4.78, 5) is 4.22. The molecule has 0 saturated carbocycles. The van der Waals surface area contributed by atoms with Crippen LogP contribution in [-0.4, -0.2) is 31.0 Å². The zero-order valence-electron chi connectivity index (χ0n) is 18.0. The van der Waals surface area contributed by atoms with Crippen molar-refractivity contribution in [3.05, 3.63) is 65.4 Å². The van der Waals surface area contributed by atoms with Crippen molar-refractivity contribution >= 4 is 5.82 Å². The molecule has 33 heavy (non-hydrogen) atoms. The third-order valence-electron chi connectivity index (χ3n) is 5.68. The Morgan fingerprint density at radius 1 is 1.21 bits per heavy atom. The number of nitrogens with two attached hydrogens (primary N) is 1. The van der Waals surface area contributed by atoms with Crippen molar-refractivity contribution in [1.82, 2.24) is 24.5 Å². The van der Waals surface area contributed by atoms with Gasteiger partial charge in [-0.05, 0) is 31.2 Å². The van der Waals surface area contributed by atoms with Gasteiger partial charge in [0.1, 0.15) is 18.5 Å². The lowest BCUT2D eigenvalue weighted by Gasteiger charge is -2.21. The maximum absolute atomic E-state index is 14.2. The number of rotatable bonds is 2. The van der Waals surface area contributed by atoms with Gasteiger partial charge in [0.15, 0.2) is 11.6 Å². The predicted molar refractivity (Wildman–Crippen MR) is 116 cm³/mol. The second-order valence-electron chi connectivity index (χ2n) is 8.04. The maximum atomic E-state index is 14.2. The first kappa shape index (κ1) is 21.0. The zero-order chi connectivity index (χ0) is 23.3. The van der Waals surface area contributed by atoms with Crippen LogP contribution in [0, 0.1) is 5.82 Å². The smallest absolute Gasteiger partial charge is 0.257 e. The van der Waals surface area contributed by atoms with Crippen molar-refractivity contribution in [3.8, 4) is 28.3 Å². The number of pyridine rings is 1. The fraction of sp³-hybridized carbons (Fsp3) is 0.261. The summed E-state index contributed by atoms with van der Waals surface area (Å²) in [5.74, 6) is 0.0116. The van der Waals surface area contributed by atoms with Gasteiger partial charge in [-0.25, -0.2) is 18.2 Å². The van der Waals surface area contributed by atoms with Crippen LogP contribution < -0.4 is 10.5 Å². The number of nitrogens with zero attached hydrogens (tertiary/aromatic N) is 5. The van der Waals surface area contributed by atoms with Crippen LogP contribution in [0.3, 0.4) is 0 Å². The van der Waals surface area contributed by atoms with Crippen molar-refractivity contribution in [1.29, 1.82) is 0 Å². The van der Waals surface area contributed by atoms with Crippen LogP contribution in [0.5, 0.6) is 5.75 Å². The molecule has 1 atom stereocenters. The molecule has 0 fully saturated rings. The van der Waals surface area contributed by atoms with Crippen LogP contribution in [0.25, 0.3) is 22.5 Å². The van der Waals surface area contributed by atoms with E-state index in [9.17, 15) is 13.2 Å². The Balaban J connectivity index is 1.78. The Labute approximate surface area is 187 Å². The topological polar surface area (TPSA) is 83.8 Å². The lowest BCUT2D eigenvalue weighted by Crippen LogP contribution is -2.12. The molecule has 1 aliphatic heterocycles. The van der Waals surface area contributed by atoms with Crippen molar-refractivity contribution < 1.29 is 17.9 Å². The molecule has 1 aliphatic rings. The van der Waals surface area contributed by atoms with E-state index in [1.54, 1.807) is 37.0 Å². The van der Waals surface area contributed by atoms with Gasteiger partial charge in [-0.1, -0.05) is 0 Å². The molecule has 0 saturated heterocycles. The summed E-state index contributed by atoms with van der Waals surface area (Å²) < 4.78 is 49.8. The van der Waals surface area contributed by atoms with Gasteiger partial charge in [-0.15, -0.1) is 0 Å². The number of hydrogen-bond acceptors (Lipinski definition) is 5. The molecule has 3 aromatic heterocycles. The van der Waals surface area contributed by atoms with Gasteiger partial charge >= 0.3 is 0 Å². The Morgan fingerprint density at radius 3 is 2.82 bits per heavy atom. The molecule has 0 amide bonds. The van der Waals surface area contributed by atoms with Gasteiger partial charge in [-0.2, -0.15) is 10.2 Å². The Bertz CT molecular complexity index is 1350. The summed E-state index contributed by atoms with van der Waals surface area (Å²) >= 11 is 0. The molecule has 10 heteroatoms. The van der Waals surface area contributed by atoms with Crippen LogP contribution in [-0.2, 0) is 20.0 Å². The average molecular weight is 454 g/mol. The van der Waals surface area contributed by atoms with Gasteiger partial charge in [0.05, 0.1) is 17.6 Å². The standard InChI is InChI=1S/C23H21F3N6O/c1-12-18-7-16(24)3-4-17(18)21-15(10-31(2)30-21)5-13-9-29-32(11-20(25)26)22(13)14-6-19(33-12)23(27)28-8-14/h3-4,6-10,12,20H,5,11H2,1-2H3,(H2,27,28). The monoisotopic (exact) mass is 454 g/mol. The number of nitrogen functional groups attached to an aromatic ring is 1. The second kappa shape index (κ2) is 7.95. The van der Waals surface area contributed by atoms with Crippen molar-refractivity contribution in [2.45, 2.75) is 32.4 Å². The number of ether oxygens (including phenoxy) is 1. The third kappa shape index (κ3) is 3.81. The summed E-state index contributed by atoms with van der Waals surface area (Å²) in [5.41, 5.74) is 10.7. The third-order valence-corrected chi connectivity index (χ3v) is 5.68. The van der Waals surface area contributed by atoms with Crippen LogP contribution >= 0.6 is 0 Å². The molecule has 0 aliphatic carbocycles. The van der Waals surface area contributed by atoms with Crippen molar-refractivity contribution in [2.75, 3.05) is 5.73 Å². The number of alkyl halides is 2. The van der Waals surface area contributed by atoms with Gasteiger partial charge in [-0.3, -0.25) is 9.36 Å². The number of aryl methyl sites for hydroxylation is 1. The largest absolute Gasteiger partial charge is 0.482 e. The number of halogens is 3. The first-order valence-corrected chi connectivity index (χ1v) is 10.4. The molecule has 4 aromatic rings. The van der Waals surface area contributed by atoms with E-state index in [1.807, 2.05) is 6.20 Å². The Kier molecular flexibility index (Phi) is 5.07. The molecule has 2 N–H and O–H groups in total.